The summed E-state index contributed by atoms with van der Waals surface area (Å²) in [5.74, 6) is -3.74. The number of anilines is 1. The van der Waals surface area contributed by atoms with Gasteiger partial charge in [-0.15, -0.1) is 0 Å². The van der Waals surface area contributed by atoms with Crippen molar-refractivity contribution < 1.29 is 28.0 Å². The Bertz CT molecular complexity index is 1520. The Labute approximate surface area is 261 Å². The number of piperazine rings is 1. The van der Waals surface area contributed by atoms with Crippen LogP contribution in [-0.4, -0.2) is 82.4 Å². The van der Waals surface area contributed by atoms with E-state index in [0.717, 1.165) is 13.1 Å². The second-order valence-corrected chi connectivity index (χ2v) is 11.3. The van der Waals surface area contributed by atoms with Crippen molar-refractivity contribution >= 4 is 29.2 Å². The fourth-order valence-corrected chi connectivity index (χ4v) is 5.34. The summed E-state index contributed by atoms with van der Waals surface area (Å²) < 4.78 is 31.4. The third kappa shape index (κ3) is 8.81. The Morgan fingerprint density at radius 1 is 0.933 bits per heavy atom. The van der Waals surface area contributed by atoms with E-state index in [4.69, 9.17) is 0 Å². The van der Waals surface area contributed by atoms with Gasteiger partial charge < -0.3 is 20.4 Å². The SMILES string of the molecule is CCC(=O)N[C@H](Cc1ccc(NC(=O)[C@@H](CC(=O)c2ccnn2CC)Cc2ccccc2F)c(F)c1)C(=O)N1CCN(C)CC1. The van der Waals surface area contributed by atoms with Crippen LogP contribution >= 0.6 is 0 Å². The molecular formula is C33H40F2N6O4. The number of carbonyl (C=O) groups is 4. The fraction of sp³-hybridized carbons (Fsp3) is 0.424. The number of aromatic nitrogens is 2. The van der Waals surface area contributed by atoms with E-state index < -0.39 is 29.5 Å². The van der Waals surface area contributed by atoms with E-state index in [1.165, 1.54) is 35.1 Å². The second kappa shape index (κ2) is 15.5. The van der Waals surface area contributed by atoms with Crippen molar-refractivity contribution in [3.05, 3.63) is 83.2 Å². The number of hydrogen-bond donors (Lipinski definition) is 2. The Kier molecular flexibility index (Phi) is 11.5. The molecule has 4 rings (SSSR count). The Hall–Kier alpha value is -4.45. The Morgan fingerprint density at radius 2 is 1.67 bits per heavy atom. The highest BCUT2D eigenvalue weighted by atomic mass is 19.1. The van der Waals surface area contributed by atoms with E-state index in [1.54, 1.807) is 36.1 Å². The quantitative estimate of drug-likeness (QED) is 0.282. The number of rotatable bonds is 13. The molecule has 12 heteroatoms. The van der Waals surface area contributed by atoms with Gasteiger partial charge in [0.2, 0.25) is 17.7 Å². The molecule has 45 heavy (non-hydrogen) atoms. The lowest BCUT2D eigenvalue weighted by Gasteiger charge is -2.34. The number of ketones is 1. The lowest BCUT2D eigenvalue weighted by Crippen LogP contribution is -2.54. The average molecular weight is 623 g/mol. The third-order valence-electron chi connectivity index (χ3n) is 8.03. The topological polar surface area (TPSA) is 117 Å². The van der Waals surface area contributed by atoms with Gasteiger partial charge in [-0.3, -0.25) is 23.9 Å². The van der Waals surface area contributed by atoms with E-state index >= 15 is 4.39 Å². The van der Waals surface area contributed by atoms with Gasteiger partial charge in [0.25, 0.3) is 0 Å². The predicted octanol–water partition coefficient (Wildman–Crippen LogP) is 3.46. The average Bonchev–Trinajstić information content (AvgIpc) is 3.52. The predicted molar refractivity (Wildman–Crippen MR) is 165 cm³/mol. The number of benzene rings is 2. The minimum atomic E-state index is -0.997. The van der Waals surface area contributed by atoms with E-state index in [-0.39, 0.29) is 54.5 Å². The van der Waals surface area contributed by atoms with Gasteiger partial charge in [-0.2, -0.15) is 5.10 Å². The Morgan fingerprint density at radius 3 is 2.33 bits per heavy atom. The second-order valence-electron chi connectivity index (χ2n) is 11.3. The number of carbonyl (C=O) groups excluding carboxylic acids is 4. The summed E-state index contributed by atoms with van der Waals surface area (Å²) in [5, 5.41) is 9.45. The van der Waals surface area contributed by atoms with Crippen LogP contribution < -0.4 is 10.6 Å². The third-order valence-corrected chi connectivity index (χ3v) is 8.03. The molecule has 0 aliphatic carbocycles. The molecule has 0 radical (unpaired) electrons. The summed E-state index contributed by atoms with van der Waals surface area (Å²) in [4.78, 5) is 56.0. The van der Waals surface area contributed by atoms with Crippen LogP contribution in [0.4, 0.5) is 14.5 Å². The van der Waals surface area contributed by atoms with Crippen LogP contribution in [0.3, 0.4) is 0 Å². The number of nitrogens with one attached hydrogen (secondary N) is 2. The van der Waals surface area contributed by atoms with Gasteiger partial charge in [0.05, 0.1) is 5.69 Å². The maximum atomic E-state index is 15.4. The van der Waals surface area contributed by atoms with Gasteiger partial charge >= 0.3 is 0 Å². The molecule has 1 saturated heterocycles. The van der Waals surface area contributed by atoms with Crippen LogP contribution in [0.1, 0.15) is 48.3 Å². The van der Waals surface area contributed by atoms with Crippen LogP contribution in [0.2, 0.25) is 0 Å². The Balaban J connectivity index is 1.50. The van der Waals surface area contributed by atoms with Gasteiger partial charge in [-0.25, -0.2) is 8.78 Å². The van der Waals surface area contributed by atoms with Crippen molar-refractivity contribution in [1.82, 2.24) is 24.9 Å². The smallest absolute Gasteiger partial charge is 0.245 e. The van der Waals surface area contributed by atoms with E-state index in [0.29, 0.717) is 30.9 Å². The first-order valence-electron chi connectivity index (χ1n) is 15.2. The van der Waals surface area contributed by atoms with Crippen molar-refractivity contribution in [3.8, 4) is 0 Å². The highest BCUT2D eigenvalue weighted by molar-refractivity contribution is 6.00. The molecule has 0 saturated carbocycles. The number of hydrogen-bond acceptors (Lipinski definition) is 6. The van der Waals surface area contributed by atoms with Gasteiger partial charge in [0.1, 0.15) is 23.4 Å². The zero-order chi connectivity index (χ0) is 32.5. The van der Waals surface area contributed by atoms with Crippen LogP contribution in [-0.2, 0) is 33.8 Å². The summed E-state index contributed by atoms with van der Waals surface area (Å²) in [6.07, 6.45) is 1.45. The summed E-state index contributed by atoms with van der Waals surface area (Å²) >= 11 is 0. The summed E-state index contributed by atoms with van der Waals surface area (Å²) in [5.41, 5.74) is 0.929. The molecule has 3 amide bonds. The standard InChI is InChI=1S/C33H40F2N6O4/c1-4-31(43)37-28(33(45)40-16-14-39(3)15-17-40)19-22-10-11-27(26(35)18-22)38-32(44)24(20-23-8-6-7-9-25(23)34)21-30(42)29-12-13-36-41(29)5-2/h6-13,18,24,28H,4-5,14-17,19-21H2,1-3H3,(H,37,43)(H,38,44)/t24-,28-/m1/s1. The number of amides is 3. The first kappa shape index (κ1) is 33.4. The number of aryl methyl sites for hydroxylation is 1. The normalized spacial score (nSPS) is 14.9. The molecule has 3 aromatic rings. The highest BCUT2D eigenvalue weighted by Gasteiger charge is 2.29. The minimum Gasteiger partial charge on any atom is -0.344 e. The lowest BCUT2D eigenvalue weighted by molar-refractivity contribution is -0.137. The molecule has 0 spiro atoms. The van der Waals surface area contributed by atoms with Crippen molar-refractivity contribution in [2.75, 3.05) is 38.5 Å². The summed E-state index contributed by atoms with van der Waals surface area (Å²) in [7, 11) is 1.98. The van der Waals surface area contributed by atoms with Crippen molar-refractivity contribution in [2.45, 2.75) is 52.1 Å². The molecule has 1 aromatic heterocycles. The molecule has 0 bridgehead atoms. The largest absolute Gasteiger partial charge is 0.344 e. The highest BCUT2D eigenvalue weighted by Crippen LogP contribution is 2.23. The van der Waals surface area contributed by atoms with Crippen LogP contribution in [0.5, 0.6) is 0 Å². The van der Waals surface area contributed by atoms with E-state index in [1.807, 2.05) is 14.0 Å². The molecule has 240 valence electrons. The van der Waals surface area contributed by atoms with E-state index in [2.05, 4.69) is 20.6 Å². The zero-order valence-corrected chi connectivity index (χ0v) is 25.9. The minimum absolute atomic E-state index is 0.0670. The zero-order valence-electron chi connectivity index (χ0n) is 25.9. The van der Waals surface area contributed by atoms with Gasteiger partial charge in [-0.1, -0.05) is 31.2 Å². The number of Topliss-reactive ketones (excluding diaryl/α,β-unsaturated/α-hetero) is 1. The van der Waals surface area contributed by atoms with Crippen LogP contribution in [0.15, 0.2) is 54.7 Å². The molecule has 2 N–H and O–H groups in total. The van der Waals surface area contributed by atoms with Gasteiger partial charge in [0.15, 0.2) is 5.78 Å². The fourth-order valence-electron chi connectivity index (χ4n) is 5.34. The van der Waals surface area contributed by atoms with Crippen molar-refractivity contribution in [1.29, 1.82) is 0 Å². The summed E-state index contributed by atoms with van der Waals surface area (Å²) in [6, 6.07) is 10.9. The molecule has 0 unspecified atom stereocenters. The maximum Gasteiger partial charge on any atom is 0.245 e. The molecule has 2 heterocycles. The molecule has 1 aliphatic rings. The monoisotopic (exact) mass is 622 g/mol. The summed E-state index contributed by atoms with van der Waals surface area (Å²) in [6.45, 7) is 6.48. The van der Waals surface area contributed by atoms with Crippen molar-refractivity contribution in [3.63, 3.8) is 0 Å². The number of halogens is 2. The van der Waals surface area contributed by atoms with E-state index in [9.17, 15) is 23.6 Å². The number of nitrogens with zero attached hydrogens (tertiary/aromatic N) is 4. The van der Waals surface area contributed by atoms with Crippen LogP contribution in [0, 0.1) is 17.6 Å². The first-order valence-corrected chi connectivity index (χ1v) is 15.2. The van der Waals surface area contributed by atoms with Crippen LogP contribution in [0.25, 0.3) is 0 Å². The molecule has 1 fully saturated rings. The lowest BCUT2D eigenvalue weighted by atomic mass is 9.92. The first-order chi connectivity index (χ1) is 21.6. The number of likely N-dealkylation sites (N-methyl/N-ethyl adjacent to an activating group) is 1. The maximum absolute atomic E-state index is 15.4. The van der Waals surface area contributed by atoms with Gasteiger partial charge in [0, 0.05) is 64.1 Å². The van der Waals surface area contributed by atoms with Crippen molar-refractivity contribution in [2.24, 2.45) is 5.92 Å². The molecule has 2 atom stereocenters. The van der Waals surface area contributed by atoms with Gasteiger partial charge in [-0.05, 0) is 55.8 Å². The molecule has 1 aliphatic heterocycles. The molecule has 10 nitrogen and oxygen atoms in total. The molecular weight excluding hydrogens is 582 g/mol. The molecule has 2 aromatic carbocycles.